The van der Waals surface area contributed by atoms with Gasteiger partial charge in [0.1, 0.15) is 0 Å². The quantitative estimate of drug-likeness (QED) is 0.428. The number of rotatable bonds is 4. The van der Waals surface area contributed by atoms with E-state index in [4.69, 9.17) is 24.4 Å². The number of hydrazine groups is 1. The fraction of sp³-hybridized carbons (Fsp3) is 0.125. The van der Waals surface area contributed by atoms with Gasteiger partial charge in [0.15, 0.2) is 10.2 Å². The Bertz CT molecular complexity index is 753. The number of nitrogens with one attached hydrogen (secondary N) is 3. The third kappa shape index (κ3) is 5.98. The van der Waals surface area contributed by atoms with E-state index in [1.54, 1.807) is 24.2 Å². The molecular formula is C16H17N5O2S2. The summed E-state index contributed by atoms with van der Waals surface area (Å²) in [5.74, 6) is 0. The van der Waals surface area contributed by atoms with Crippen LogP contribution in [0.1, 0.15) is 5.56 Å². The lowest BCUT2D eigenvalue weighted by Gasteiger charge is -2.23. The Labute approximate surface area is 156 Å². The lowest BCUT2D eigenvalue weighted by Crippen LogP contribution is -2.49. The summed E-state index contributed by atoms with van der Waals surface area (Å²) in [7, 11) is 1.74. The molecule has 0 radical (unpaired) electrons. The second-order valence-corrected chi connectivity index (χ2v) is 5.87. The van der Waals surface area contributed by atoms with Crippen LogP contribution in [0.2, 0.25) is 0 Å². The SMILES string of the molecule is CN(NC(=S)Nc1ccc([N+](=O)[O-])cc1)C(=S)NCc1ccccc1. The lowest BCUT2D eigenvalue weighted by atomic mass is 10.2. The zero-order chi connectivity index (χ0) is 18.2. The summed E-state index contributed by atoms with van der Waals surface area (Å²) in [6.45, 7) is 0.605. The highest BCUT2D eigenvalue weighted by Crippen LogP contribution is 2.15. The van der Waals surface area contributed by atoms with Crippen molar-refractivity contribution < 1.29 is 4.92 Å². The number of nitro benzene ring substituents is 1. The van der Waals surface area contributed by atoms with E-state index in [9.17, 15) is 10.1 Å². The highest BCUT2D eigenvalue weighted by atomic mass is 32.1. The number of thiocarbonyl (C=S) groups is 2. The van der Waals surface area contributed by atoms with Crippen LogP contribution in [0.3, 0.4) is 0 Å². The topological polar surface area (TPSA) is 82.5 Å². The summed E-state index contributed by atoms with van der Waals surface area (Å²) < 4.78 is 0. The maximum Gasteiger partial charge on any atom is 0.269 e. The minimum absolute atomic E-state index is 0.0211. The van der Waals surface area contributed by atoms with Gasteiger partial charge in [-0.2, -0.15) is 0 Å². The van der Waals surface area contributed by atoms with Gasteiger partial charge in [-0.1, -0.05) is 30.3 Å². The van der Waals surface area contributed by atoms with E-state index < -0.39 is 4.92 Å². The van der Waals surface area contributed by atoms with Gasteiger partial charge >= 0.3 is 0 Å². The highest BCUT2D eigenvalue weighted by Gasteiger charge is 2.08. The molecule has 0 amide bonds. The Balaban J connectivity index is 1.80. The van der Waals surface area contributed by atoms with Crippen molar-refractivity contribution in [3.8, 4) is 0 Å². The molecule has 0 aliphatic rings. The fourth-order valence-corrected chi connectivity index (χ4v) is 2.29. The minimum atomic E-state index is -0.453. The average molecular weight is 375 g/mol. The van der Waals surface area contributed by atoms with Gasteiger partial charge in [-0.15, -0.1) is 0 Å². The molecule has 2 aromatic rings. The molecule has 2 aromatic carbocycles. The molecule has 0 bridgehead atoms. The number of hydrogen-bond acceptors (Lipinski definition) is 4. The van der Waals surface area contributed by atoms with Crippen LogP contribution in [0.15, 0.2) is 54.6 Å². The third-order valence-corrected chi connectivity index (χ3v) is 3.81. The maximum atomic E-state index is 10.6. The van der Waals surface area contributed by atoms with E-state index in [1.807, 2.05) is 30.3 Å². The zero-order valence-corrected chi connectivity index (χ0v) is 15.1. The van der Waals surface area contributed by atoms with Crippen LogP contribution in [-0.2, 0) is 6.54 Å². The molecule has 130 valence electrons. The molecule has 25 heavy (non-hydrogen) atoms. The molecule has 0 saturated heterocycles. The molecule has 0 aliphatic heterocycles. The molecular weight excluding hydrogens is 358 g/mol. The summed E-state index contributed by atoms with van der Waals surface area (Å²) in [4.78, 5) is 10.2. The van der Waals surface area contributed by atoms with E-state index in [0.29, 0.717) is 22.5 Å². The molecule has 0 saturated carbocycles. The first-order valence-electron chi connectivity index (χ1n) is 7.33. The van der Waals surface area contributed by atoms with Crippen molar-refractivity contribution in [3.05, 3.63) is 70.3 Å². The predicted octanol–water partition coefficient (Wildman–Crippen LogP) is 2.80. The van der Waals surface area contributed by atoms with Gasteiger partial charge in [0.25, 0.3) is 5.69 Å². The van der Waals surface area contributed by atoms with E-state index in [2.05, 4.69) is 16.1 Å². The first-order valence-corrected chi connectivity index (χ1v) is 8.15. The summed E-state index contributed by atoms with van der Waals surface area (Å²) >= 11 is 10.5. The maximum absolute atomic E-state index is 10.6. The van der Waals surface area contributed by atoms with Crippen molar-refractivity contribution in [1.29, 1.82) is 0 Å². The van der Waals surface area contributed by atoms with Crippen molar-refractivity contribution in [2.24, 2.45) is 0 Å². The van der Waals surface area contributed by atoms with Crippen molar-refractivity contribution in [2.75, 3.05) is 12.4 Å². The van der Waals surface area contributed by atoms with Crippen molar-refractivity contribution >= 4 is 46.0 Å². The number of nitro groups is 1. The Kier molecular flexibility index (Phi) is 6.61. The van der Waals surface area contributed by atoms with Gasteiger partial charge in [0.2, 0.25) is 0 Å². The van der Waals surface area contributed by atoms with Gasteiger partial charge in [-0.25, -0.2) is 0 Å². The smallest absolute Gasteiger partial charge is 0.269 e. The van der Waals surface area contributed by atoms with E-state index in [-0.39, 0.29) is 5.69 Å². The standard InChI is InChI=1S/C16H17N5O2S2/c1-20(16(25)17-11-12-5-3-2-4-6-12)19-15(24)18-13-7-9-14(10-8-13)21(22)23/h2-10H,11H2,1H3,(H,17,25)(H2,18,19,24). The average Bonchev–Trinajstić information content (AvgIpc) is 2.60. The van der Waals surface area contributed by atoms with E-state index in [0.717, 1.165) is 5.56 Å². The molecule has 0 fully saturated rings. The van der Waals surface area contributed by atoms with E-state index >= 15 is 0 Å². The van der Waals surface area contributed by atoms with Gasteiger partial charge in [0.05, 0.1) is 4.92 Å². The Morgan fingerprint density at radius 3 is 2.36 bits per heavy atom. The van der Waals surface area contributed by atoms with Crippen LogP contribution in [-0.4, -0.2) is 27.2 Å². The second kappa shape index (κ2) is 8.90. The zero-order valence-electron chi connectivity index (χ0n) is 13.4. The first kappa shape index (κ1) is 18.6. The number of anilines is 1. The van der Waals surface area contributed by atoms with Crippen LogP contribution in [0.5, 0.6) is 0 Å². The molecule has 0 aromatic heterocycles. The monoisotopic (exact) mass is 375 g/mol. The predicted molar refractivity (Wildman–Crippen MR) is 106 cm³/mol. The Morgan fingerprint density at radius 1 is 1.12 bits per heavy atom. The van der Waals surface area contributed by atoms with Crippen LogP contribution in [0.4, 0.5) is 11.4 Å². The molecule has 3 N–H and O–H groups in total. The van der Waals surface area contributed by atoms with Gasteiger partial charge in [0, 0.05) is 31.4 Å². The molecule has 0 aliphatic carbocycles. The molecule has 0 unspecified atom stereocenters. The second-order valence-electron chi connectivity index (χ2n) is 5.07. The lowest BCUT2D eigenvalue weighted by molar-refractivity contribution is -0.384. The van der Waals surface area contributed by atoms with Crippen LogP contribution >= 0.6 is 24.4 Å². The van der Waals surface area contributed by atoms with Gasteiger partial charge < -0.3 is 10.6 Å². The summed E-state index contributed by atoms with van der Waals surface area (Å²) in [6, 6.07) is 15.9. The van der Waals surface area contributed by atoms with Crippen molar-refractivity contribution in [2.45, 2.75) is 6.54 Å². The molecule has 0 heterocycles. The Morgan fingerprint density at radius 2 is 1.76 bits per heavy atom. The summed E-state index contributed by atoms with van der Waals surface area (Å²) in [6.07, 6.45) is 0. The van der Waals surface area contributed by atoms with E-state index in [1.165, 1.54) is 12.1 Å². The van der Waals surface area contributed by atoms with Crippen LogP contribution in [0, 0.1) is 10.1 Å². The molecule has 2 rings (SSSR count). The molecule has 7 nitrogen and oxygen atoms in total. The number of nitrogens with zero attached hydrogens (tertiary/aromatic N) is 2. The first-order chi connectivity index (χ1) is 12.0. The number of benzene rings is 2. The fourth-order valence-electron chi connectivity index (χ4n) is 1.92. The molecule has 0 spiro atoms. The van der Waals surface area contributed by atoms with Crippen molar-refractivity contribution in [3.63, 3.8) is 0 Å². The van der Waals surface area contributed by atoms with Crippen LogP contribution < -0.4 is 16.1 Å². The van der Waals surface area contributed by atoms with Crippen LogP contribution in [0.25, 0.3) is 0 Å². The number of hydrogen-bond donors (Lipinski definition) is 3. The van der Waals surface area contributed by atoms with Gasteiger partial charge in [-0.3, -0.25) is 20.5 Å². The molecule has 0 atom stereocenters. The largest absolute Gasteiger partial charge is 0.357 e. The minimum Gasteiger partial charge on any atom is -0.357 e. The third-order valence-electron chi connectivity index (χ3n) is 3.20. The Hall–Kier alpha value is -2.78. The van der Waals surface area contributed by atoms with Gasteiger partial charge in [-0.05, 0) is 42.1 Å². The highest BCUT2D eigenvalue weighted by molar-refractivity contribution is 7.80. The van der Waals surface area contributed by atoms with Crippen molar-refractivity contribution in [1.82, 2.24) is 15.8 Å². The normalized spacial score (nSPS) is 9.80. The summed E-state index contributed by atoms with van der Waals surface area (Å²) in [5, 5.41) is 19.1. The summed E-state index contributed by atoms with van der Waals surface area (Å²) in [5.41, 5.74) is 4.69. The molecule has 9 heteroatoms. The number of non-ortho nitro benzene ring substituents is 1.